The lowest BCUT2D eigenvalue weighted by Gasteiger charge is -2.27. The molecule has 0 bridgehead atoms. The largest absolute Gasteiger partial charge is 0.364 e. The topological polar surface area (TPSA) is 120 Å². The Hall–Kier alpha value is -4.03. The highest BCUT2D eigenvalue weighted by molar-refractivity contribution is 5.95. The smallest absolute Gasteiger partial charge is 0.244 e. The molecule has 4 atom stereocenters. The van der Waals surface area contributed by atoms with Gasteiger partial charge < -0.3 is 20.7 Å². The monoisotopic (exact) mass is 492 g/mol. The minimum Gasteiger partial charge on any atom is -0.364 e. The molecule has 0 aromatic heterocycles. The second kappa shape index (κ2) is 13.2. The summed E-state index contributed by atoms with van der Waals surface area (Å²) < 4.78 is 18.6. The first-order chi connectivity index (χ1) is 17.4. The number of methoxy groups -OCH3 is 1. The number of carbonyl (C=O) groups is 3. The van der Waals surface area contributed by atoms with Crippen molar-refractivity contribution in [1.82, 2.24) is 16.0 Å². The van der Waals surface area contributed by atoms with Crippen LogP contribution in [-0.2, 0) is 25.5 Å². The van der Waals surface area contributed by atoms with E-state index in [1.54, 1.807) is 6.08 Å². The van der Waals surface area contributed by atoms with Crippen molar-refractivity contribution in [1.29, 1.82) is 5.26 Å². The fourth-order valence-corrected chi connectivity index (χ4v) is 4.05. The maximum Gasteiger partial charge on any atom is 0.244 e. The Bertz CT molecular complexity index is 1110. The van der Waals surface area contributed by atoms with Crippen LogP contribution in [0, 0.1) is 23.1 Å². The fraction of sp³-hybridized carbons (Fsp3) is 0.333. The Morgan fingerprint density at radius 2 is 1.92 bits per heavy atom. The first-order valence-corrected chi connectivity index (χ1v) is 11.7. The number of nitriles is 1. The van der Waals surface area contributed by atoms with Gasteiger partial charge in [0.25, 0.3) is 0 Å². The maximum absolute atomic E-state index is 13.4. The molecule has 0 unspecified atom stereocenters. The van der Waals surface area contributed by atoms with Crippen LogP contribution in [0.3, 0.4) is 0 Å². The molecule has 188 valence electrons. The van der Waals surface area contributed by atoms with Crippen LogP contribution in [0.5, 0.6) is 0 Å². The molecule has 1 saturated heterocycles. The zero-order valence-corrected chi connectivity index (χ0v) is 19.9. The molecule has 1 aliphatic rings. The van der Waals surface area contributed by atoms with Gasteiger partial charge in [0.15, 0.2) is 6.10 Å². The van der Waals surface area contributed by atoms with Crippen molar-refractivity contribution >= 4 is 23.8 Å². The molecular formula is C27H29FN4O4. The Balaban J connectivity index is 1.77. The number of ether oxygens (including phenoxy) is 1. The minimum atomic E-state index is -1.01. The van der Waals surface area contributed by atoms with Crippen molar-refractivity contribution in [3.8, 4) is 6.07 Å². The van der Waals surface area contributed by atoms with Crippen molar-refractivity contribution in [2.24, 2.45) is 5.92 Å². The summed E-state index contributed by atoms with van der Waals surface area (Å²) in [5, 5.41) is 17.8. The summed E-state index contributed by atoms with van der Waals surface area (Å²) in [5.74, 6) is -1.94. The van der Waals surface area contributed by atoms with Gasteiger partial charge in [-0.3, -0.25) is 14.4 Å². The van der Waals surface area contributed by atoms with Crippen molar-refractivity contribution in [2.75, 3.05) is 13.7 Å². The number of nitrogens with one attached hydrogen (secondary N) is 3. The molecule has 36 heavy (non-hydrogen) atoms. The van der Waals surface area contributed by atoms with E-state index in [1.807, 2.05) is 36.4 Å². The highest BCUT2D eigenvalue weighted by Gasteiger charge is 2.33. The summed E-state index contributed by atoms with van der Waals surface area (Å²) in [6.07, 6.45) is 2.87. The quantitative estimate of drug-likeness (QED) is 0.415. The Kier molecular flexibility index (Phi) is 9.72. The van der Waals surface area contributed by atoms with Gasteiger partial charge in [0.2, 0.25) is 17.7 Å². The van der Waals surface area contributed by atoms with Crippen molar-refractivity contribution < 1.29 is 23.5 Å². The summed E-state index contributed by atoms with van der Waals surface area (Å²) in [6.45, 7) is 0.533. The van der Waals surface area contributed by atoms with Crippen molar-refractivity contribution in [3.05, 3.63) is 77.6 Å². The predicted octanol–water partition coefficient (Wildman–Crippen LogP) is 2.12. The van der Waals surface area contributed by atoms with Crippen molar-refractivity contribution in [3.63, 3.8) is 0 Å². The van der Waals surface area contributed by atoms with Crippen LogP contribution in [0.2, 0.25) is 0 Å². The summed E-state index contributed by atoms with van der Waals surface area (Å²) >= 11 is 0. The number of halogens is 1. The molecule has 8 nitrogen and oxygen atoms in total. The number of rotatable bonds is 11. The second-order valence-corrected chi connectivity index (χ2v) is 8.55. The van der Waals surface area contributed by atoms with Gasteiger partial charge in [-0.1, -0.05) is 42.5 Å². The Morgan fingerprint density at radius 1 is 1.19 bits per heavy atom. The van der Waals surface area contributed by atoms with Crippen LogP contribution in [-0.4, -0.2) is 49.6 Å². The molecular weight excluding hydrogens is 463 g/mol. The number of amides is 3. The molecule has 1 aliphatic heterocycles. The SMILES string of the molecule is CO[C@H](C#N)[C@H](C[C@@H]1CCNC1=O)NC(=O)[C@H](Cc1ccc(F)cc1)NC(=O)/C=C/c1ccccc1. The standard InChI is InChI=1S/C27H29FN4O4/c1-36-24(17-29)22(16-20-13-14-30-26(20)34)32-27(35)23(15-19-7-10-21(28)11-8-19)31-25(33)12-9-18-5-3-2-4-6-18/h2-12,20,22-24H,13-16H2,1H3,(H,30,34)(H,31,33)(H,32,35)/b12-9+/t20-,22-,23-,24+/m0/s1. The van der Waals surface area contributed by atoms with Crippen LogP contribution in [0.15, 0.2) is 60.7 Å². The molecule has 2 aromatic carbocycles. The second-order valence-electron chi connectivity index (χ2n) is 8.55. The third kappa shape index (κ3) is 7.75. The maximum atomic E-state index is 13.4. The van der Waals surface area contributed by atoms with E-state index < -0.39 is 35.8 Å². The zero-order valence-electron chi connectivity index (χ0n) is 19.9. The van der Waals surface area contributed by atoms with E-state index in [9.17, 15) is 24.0 Å². The minimum absolute atomic E-state index is 0.0951. The predicted molar refractivity (Wildman–Crippen MR) is 132 cm³/mol. The van der Waals surface area contributed by atoms with Gasteiger partial charge in [-0.05, 0) is 42.2 Å². The molecule has 0 radical (unpaired) electrons. The van der Waals surface area contributed by atoms with Gasteiger partial charge >= 0.3 is 0 Å². The molecule has 3 amide bonds. The third-order valence-electron chi connectivity index (χ3n) is 5.99. The molecule has 3 N–H and O–H groups in total. The van der Waals surface area contributed by atoms with E-state index >= 15 is 0 Å². The molecule has 3 rings (SSSR count). The van der Waals surface area contributed by atoms with Crippen LogP contribution in [0.4, 0.5) is 4.39 Å². The van der Waals surface area contributed by atoms with Gasteiger partial charge in [-0.25, -0.2) is 4.39 Å². The van der Waals surface area contributed by atoms with Crippen LogP contribution < -0.4 is 16.0 Å². The van der Waals surface area contributed by atoms with Gasteiger partial charge in [0.05, 0.1) is 12.1 Å². The molecule has 0 spiro atoms. The number of hydrogen-bond donors (Lipinski definition) is 3. The molecule has 1 fully saturated rings. The first kappa shape index (κ1) is 26.6. The number of hydrogen-bond acceptors (Lipinski definition) is 5. The normalized spacial score (nSPS) is 17.6. The Morgan fingerprint density at radius 3 is 2.53 bits per heavy atom. The van der Waals surface area contributed by atoms with Gasteiger partial charge in [-0.2, -0.15) is 5.26 Å². The average molecular weight is 493 g/mol. The highest BCUT2D eigenvalue weighted by Crippen LogP contribution is 2.19. The van der Waals surface area contributed by atoms with Crippen LogP contribution in [0.1, 0.15) is 24.0 Å². The van der Waals surface area contributed by atoms with E-state index in [1.165, 1.54) is 37.5 Å². The van der Waals surface area contributed by atoms with Gasteiger partial charge in [-0.15, -0.1) is 0 Å². The van der Waals surface area contributed by atoms with Gasteiger partial charge in [0, 0.05) is 32.1 Å². The number of benzene rings is 2. The van der Waals surface area contributed by atoms with Gasteiger partial charge in [0.1, 0.15) is 11.9 Å². The number of carbonyl (C=O) groups excluding carboxylic acids is 3. The lowest BCUT2D eigenvalue weighted by atomic mass is 9.94. The summed E-state index contributed by atoms with van der Waals surface area (Å²) in [5.41, 5.74) is 1.46. The first-order valence-electron chi connectivity index (χ1n) is 11.7. The lowest BCUT2D eigenvalue weighted by molar-refractivity contribution is -0.128. The molecule has 2 aromatic rings. The highest BCUT2D eigenvalue weighted by atomic mass is 19.1. The molecule has 1 heterocycles. The summed E-state index contributed by atoms with van der Waals surface area (Å²) in [7, 11) is 1.36. The van der Waals surface area contributed by atoms with Crippen LogP contribution >= 0.6 is 0 Å². The van der Waals surface area contributed by atoms with Crippen LogP contribution in [0.25, 0.3) is 6.08 Å². The lowest BCUT2D eigenvalue weighted by Crippen LogP contribution is -2.53. The molecule has 9 heteroatoms. The van der Waals surface area contributed by atoms with E-state index in [0.29, 0.717) is 18.5 Å². The molecule has 0 saturated carbocycles. The van der Waals surface area contributed by atoms with Crippen molar-refractivity contribution in [2.45, 2.75) is 37.5 Å². The molecule has 0 aliphatic carbocycles. The third-order valence-corrected chi connectivity index (χ3v) is 5.99. The van der Waals surface area contributed by atoms with E-state index in [-0.39, 0.29) is 24.7 Å². The summed E-state index contributed by atoms with van der Waals surface area (Å²) in [6, 6.07) is 15.1. The van der Waals surface area contributed by atoms with E-state index in [2.05, 4.69) is 16.0 Å². The number of nitrogens with zero attached hydrogens (tertiary/aromatic N) is 1. The summed E-state index contributed by atoms with van der Waals surface area (Å²) in [4.78, 5) is 38.1. The van der Waals surface area contributed by atoms with E-state index in [0.717, 1.165) is 5.56 Å². The average Bonchev–Trinajstić information content (AvgIpc) is 3.29. The Labute approximate surface area is 209 Å². The van der Waals surface area contributed by atoms with E-state index in [4.69, 9.17) is 4.74 Å². The zero-order chi connectivity index (χ0) is 25.9. The fourth-order valence-electron chi connectivity index (χ4n) is 4.05.